The molecule has 3 nitrogen and oxygen atoms in total. The number of hydrogen-bond acceptors (Lipinski definition) is 3. The van der Waals surface area contributed by atoms with Gasteiger partial charge in [0.05, 0.1) is 5.71 Å². The highest BCUT2D eigenvalue weighted by Crippen LogP contribution is 2.18. The summed E-state index contributed by atoms with van der Waals surface area (Å²) >= 11 is 0. The van der Waals surface area contributed by atoms with Crippen LogP contribution in [-0.2, 0) is 9.53 Å². The van der Waals surface area contributed by atoms with Crippen molar-refractivity contribution in [1.29, 1.82) is 0 Å². The predicted octanol–water partition coefficient (Wildman–Crippen LogP) is 5.42. The number of ether oxygens (including phenoxy) is 1. The summed E-state index contributed by atoms with van der Waals surface area (Å²) in [6.45, 7) is 7.79. The Kier molecular flexibility index (Phi) is 7.14. The molecule has 0 aromatic heterocycles. The molecule has 3 heteroatoms. The molecule has 0 heterocycles. The van der Waals surface area contributed by atoms with E-state index in [2.05, 4.69) is 6.92 Å². The normalized spacial score (nSPS) is 12.3. The van der Waals surface area contributed by atoms with E-state index in [1.54, 1.807) is 0 Å². The average Bonchev–Trinajstić information content (AvgIpc) is 2.62. The van der Waals surface area contributed by atoms with E-state index < -0.39 is 11.6 Å². The summed E-state index contributed by atoms with van der Waals surface area (Å²) in [6.07, 6.45) is 2.64. The third-order valence-electron chi connectivity index (χ3n) is 3.89. The molecule has 2 aromatic rings. The van der Waals surface area contributed by atoms with Crippen LogP contribution in [0.3, 0.4) is 0 Å². The minimum absolute atomic E-state index is 0.254. The summed E-state index contributed by atoms with van der Waals surface area (Å²) in [5, 5.41) is 0. The van der Waals surface area contributed by atoms with Gasteiger partial charge in [0.25, 0.3) is 0 Å². The van der Waals surface area contributed by atoms with Crippen LogP contribution in [0.15, 0.2) is 65.7 Å². The number of nitrogens with zero attached hydrogens (tertiary/aromatic N) is 1. The van der Waals surface area contributed by atoms with Gasteiger partial charge in [-0.15, -0.1) is 0 Å². The molecule has 0 amide bonds. The first-order valence-electron chi connectivity index (χ1n) is 9.32. The van der Waals surface area contributed by atoms with Crippen LogP contribution in [0.1, 0.15) is 58.1 Å². The Balaban J connectivity index is 2.44. The van der Waals surface area contributed by atoms with Crippen LogP contribution in [0.4, 0.5) is 0 Å². The fraction of sp³-hybridized carbons (Fsp3) is 0.391. The van der Waals surface area contributed by atoms with Gasteiger partial charge >= 0.3 is 5.97 Å². The van der Waals surface area contributed by atoms with Gasteiger partial charge in [-0.2, -0.15) is 0 Å². The lowest BCUT2D eigenvalue weighted by molar-refractivity contribution is -0.156. The van der Waals surface area contributed by atoms with E-state index in [9.17, 15) is 4.79 Å². The van der Waals surface area contributed by atoms with E-state index in [0.29, 0.717) is 6.42 Å². The summed E-state index contributed by atoms with van der Waals surface area (Å²) in [6, 6.07) is 19.5. The van der Waals surface area contributed by atoms with E-state index in [0.717, 1.165) is 29.7 Å². The molecule has 0 fully saturated rings. The molecule has 138 valence electrons. The molecule has 2 aromatic carbocycles. The molecule has 0 aliphatic carbocycles. The Hall–Kier alpha value is -2.42. The van der Waals surface area contributed by atoms with Crippen molar-refractivity contribution in [3.63, 3.8) is 0 Å². The van der Waals surface area contributed by atoms with Crippen LogP contribution in [0.25, 0.3) is 0 Å². The third-order valence-corrected chi connectivity index (χ3v) is 3.89. The summed E-state index contributed by atoms with van der Waals surface area (Å²) in [5.74, 6) is -0.254. The van der Waals surface area contributed by atoms with Crippen LogP contribution in [-0.4, -0.2) is 23.3 Å². The molecule has 0 aliphatic rings. The van der Waals surface area contributed by atoms with Crippen molar-refractivity contribution in [1.82, 2.24) is 0 Å². The highest BCUT2D eigenvalue weighted by molar-refractivity contribution is 6.13. The minimum Gasteiger partial charge on any atom is -0.458 e. The summed E-state index contributed by atoms with van der Waals surface area (Å²) in [5.41, 5.74) is 2.32. The van der Waals surface area contributed by atoms with Gasteiger partial charge in [-0.25, -0.2) is 4.79 Å². The average molecular weight is 351 g/mol. The monoisotopic (exact) mass is 351 g/mol. The summed E-state index contributed by atoms with van der Waals surface area (Å²) < 4.78 is 5.62. The fourth-order valence-electron chi connectivity index (χ4n) is 2.67. The quantitative estimate of drug-likeness (QED) is 0.493. The van der Waals surface area contributed by atoms with E-state index in [1.807, 2.05) is 81.4 Å². The van der Waals surface area contributed by atoms with Crippen molar-refractivity contribution in [2.75, 3.05) is 0 Å². The van der Waals surface area contributed by atoms with E-state index in [4.69, 9.17) is 9.73 Å². The first-order chi connectivity index (χ1) is 12.4. The number of aliphatic imine (C=N–C) groups is 1. The van der Waals surface area contributed by atoms with Gasteiger partial charge in [0.1, 0.15) is 11.6 Å². The Morgan fingerprint density at radius 1 is 0.962 bits per heavy atom. The molecule has 0 spiro atoms. The highest BCUT2D eigenvalue weighted by atomic mass is 16.6. The smallest absolute Gasteiger partial charge is 0.331 e. The molecular weight excluding hydrogens is 322 g/mol. The van der Waals surface area contributed by atoms with Crippen LogP contribution in [0, 0.1) is 0 Å². The van der Waals surface area contributed by atoms with E-state index >= 15 is 0 Å². The second kappa shape index (κ2) is 9.33. The molecule has 1 unspecified atom stereocenters. The maximum Gasteiger partial charge on any atom is 0.331 e. The lowest BCUT2D eigenvalue weighted by Gasteiger charge is -2.23. The Morgan fingerprint density at radius 2 is 1.46 bits per heavy atom. The Bertz CT molecular complexity index is 673. The number of benzene rings is 2. The zero-order valence-corrected chi connectivity index (χ0v) is 16.2. The van der Waals surface area contributed by atoms with Crippen molar-refractivity contribution in [2.45, 2.75) is 58.6 Å². The molecule has 0 bridgehead atoms. The van der Waals surface area contributed by atoms with Crippen molar-refractivity contribution < 1.29 is 9.53 Å². The van der Waals surface area contributed by atoms with E-state index in [-0.39, 0.29) is 5.97 Å². The number of carbonyl (C=O) groups is 1. The van der Waals surface area contributed by atoms with Crippen LogP contribution >= 0.6 is 0 Å². The molecule has 0 saturated heterocycles. The maximum atomic E-state index is 12.7. The molecular formula is C23H29NO2. The van der Waals surface area contributed by atoms with Gasteiger partial charge in [-0.05, 0) is 27.2 Å². The SMILES string of the molecule is CCCCC(N=C(c1ccccc1)c1ccccc1)C(=O)OC(C)(C)C. The zero-order valence-electron chi connectivity index (χ0n) is 16.2. The molecule has 0 radical (unpaired) electrons. The fourth-order valence-corrected chi connectivity index (χ4v) is 2.67. The first kappa shape index (κ1) is 19.9. The van der Waals surface area contributed by atoms with Gasteiger partial charge in [0, 0.05) is 11.1 Å². The van der Waals surface area contributed by atoms with Crippen LogP contribution < -0.4 is 0 Å². The number of hydrogen-bond donors (Lipinski definition) is 0. The van der Waals surface area contributed by atoms with Gasteiger partial charge in [0.15, 0.2) is 0 Å². The molecule has 0 aliphatic heterocycles. The second-order valence-corrected chi connectivity index (χ2v) is 7.40. The highest BCUT2D eigenvalue weighted by Gasteiger charge is 2.25. The standard InChI is InChI=1S/C23H29NO2/c1-5-6-17-20(22(25)26-23(2,3)4)24-21(18-13-9-7-10-14-18)19-15-11-8-12-16-19/h7-16,20H,5-6,17H2,1-4H3. The molecule has 1 atom stereocenters. The molecule has 26 heavy (non-hydrogen) atoms. The number of carbonyl (C=O) groups excluding carboxylic acids is 1. The van der Waals surface area contributed by atoms with Crippen molar-refractivity contribution >= 4 is 11.7 Å². The number of esters is 1. The lowest BCUT2D eigenvalue weighted by Crippen LogP contribution is -2.31. The topological polar surface area (TPSA) is 38.7 Å². The second-order valence-electron chi connectivity index (χ2n) is 7.40. The van der Waals surface area contributed by atoms with Gasteiger partial charge in [0.2, 0.25) is 0 Å². The minimum atomic E-state index is -0.517. The third kappa shape index (κ3) is 6.14. The maximum absolute atomic E-state index is 12.7. The van der Waals surface area contributed by atoms with Gasteiger partial charge < -0.3 is 4.74 Å². The van der Waals surface area contributed by atoms with Crippen molar-refractivity contribution in [2.24, 2.45) is 4.99 Å². The number of rotatable bonds is 7. The van der Waals surface area contributed by atoms with Crippen LogP contribution in [0.2, 0.25) is 0 Å². The van der Waals surface area contributed by atoms with E-state index in [1.165, 1.54) is 0 Å². The summed E-state index contributed by atoms with van der Waals surface area (Å²) in [4.78, 5) is 17.6. The molecule has 2 rings (SSSR count). The van der Waals surface area contributed by atoms with Gasteiger partial charge in [-0.1, -0.05) is 80.4 Å². The lowest BCUT2D eigenvalue weighted by atomic mass is 10.0. The summed E-state index contributed by atoms with van der Waals surface area (Å²) in [7, 11) is 0. The van der Waals surface area contributed by atoms with Crippen molar-refractivity contribution in [3.05, 3.63) is 71.8 Å². The Morgan fingerprint density at radius 3 is 1.88 bits per heavy atom. The zero-order chi connectivity index (χ0) is 19.0. The first-order valence-corrected chi connectivity index (χ1v) is 9.32. The Labute approximate surface area is 157 Å². The predicted molar refractivity (Wildman–Crippen MR) is 108 cm³/mol. The molecule has 0 N–H and O–H groups in total. The van der Waals surface area contributed by atoms with Crippen LogP contribution in [0.5, 0.6) is 0 Å². The van der Waals surface area contributed by atoms with Gasteiger partial charge in [-0.3, -0.25) is 4.99 Å². The molecule has 0 saturated carbocycles. The largest absolute Gasteiger partial charge is 0.458 e. The van der Waals surface area contributed by atoms with Crippen molar-refractivity contribution in [3.8, 4) is 0 Å². The number of unbranched alkanes of at least 4 members (excludes halogenated alkanes) is 1.